The Kier molecular flexibility index (Phi) is 5.21. The summed E-state index contributed by atoms with van der Waals surface area (Å²) >= 11 is 0. The van der Waals surface area contributed by atoms with Crippen LogP contribution in [-0.4, -0.2) is 53.1 Å². The Morgan fingerprint density at radius 3 is 2.61 bits per heavy atom. The minimum atomic E-state index is -0.175. The normalized spacial score (nSPS) is 12.5. The quantitative estimate of drug-likeness (QED) is 0.923. The third-order valence-electron chi connectivity index (χ3n) is 4.26. The van der Waals surface area contributed by atoms with Gasteiger partial charge in [0.2, 0.25) is 5.91 Å². The van der Waals surface area contributed by atoms with Gasteiger partial charge in [0.1, 0.15) is 0 Å². The first kappa shape index (κ1) is 17.2. The van der Waals surface area contributed by atoms with Crippen LogP contribution in [0.1, 0.15) is 23.6 Å². The van der Waals surface area contributed by atoms with Crippen molar-refractivity contribution >= 4 is 5.91 Å². The fourth-order valence-electron chi connectivity index (χ4n) is 2.64. The van der Waals surface area contributed by atoms with E-state index >= 15 is 0 Å². The van der Waals surface area contributed by atoms with E-state index in [1.54, 1.807) is 19.0 Å². The van der Waals surface area contributed by atoms with Crippen molar-refractivity contribution in [1.29, 1.82) is 0 Å². The summed E-state index contributed by atoms with van der Waals surface area (Å²) < 4.78 is 0. The van der Waals surface area contributed by atoms with Gasteiger partial charge in [0.05, 0.1) is 17.9 Å². The molecule has 5 heteroatoms. The Balaban J connectivity index is 2.25. The molecule has 5 nitrogen and oxygen atoms in total. The van der Waals surface area contributed by atoms with Gasteiger partial charge in [-0.15, -0.1) is 0 Å². The fourth-order valence-corrected chi connectivity index (χ4v) is 2.64. The number of H-pyrrole nitrogens is 1. The molecule has 0 spiro atoms. The van der Waals surface area contributed by atoms with Crippen molar-refractivity contribution in [3.05, 3.63) is 41.1 Å². The van der Waals surface area contributed by atoms with Gasteiger partial charge in [0, 0.05) is 31.8 Å². The summed E-state index contributed by atoms with van der Waals surface area (Å²) in [4.78, 5) is 15.8. The third kappa shape index (κ3) is 3.79. The van der Waals surface area contributed by atoms with E-state index < -0.39 is 0 Å². The average Bonchev–Trinajstić information content (AvgIpc) is 2.95. The van der Waals surface area contributed by atoms with E-state index in [4.69, 9.17) is 0 Å². The SMILES string of the molecule is Cc1ccc(C)c(-c2[nH]ncc2CN(C)[C@@H](C)C(=O)N(C)C)c1. The van der Waals surface area contributed by atoms with Crippen LogP contribution in [0.2, 0.25) is 0 Å². The molecular formula is C18H26N4O. The van der Waals surface area contributed by atoms with E-state index in [2.05, 4.69) is 42.2 Å². The molecule has 124 valence electrons. The number of rotatable bonds is 5. The Labute approximate surface area is 138 Å². The van der Waals surface area contributed by atoms with Crippen molar-refractivity contribution in [3.8, 4) is 11.3 Å². The molecule has 0 saturated heterocycles. The number of carbonyl (C=O) groups excluding carboxylic acids is 1. The molecule has 1 N–H and O–H groups in total. The molecule has 1 aromatic carbocycles. The zero-order chi connectivity index (χ0) is 17.1. The molecule has 0 saturated carbocycles. The number of carbonyl (C=O) groups is 1. The second kappa shape index (κ2) is 6.96. The number of nitrogens with one attached hydrogen (secondary N) is 1. The van der Waals surface area contributed by atoms with Crippen molar-refractivity contribution in [1.82, 2.24) is 20.0 Å². The van der Waals surface area contributed by atoms with Crippen LogP contribution in [0, 0.1) is 13.8 Å². The molecule has 1 atom stereocenters. The van der Waals surface area contributed by atoms with E-state index in [-0.39, 0.29) is 11.9 Å². The van der Waals surface area contributed by atoms with Crippen molar-refractivity contribution in [3.63, 3.8) is 0 Å². The molecular weight excluding hydrogens is 288 g/mol. The molecule has 23 heavy (non-hydrogen) atoms. The fraction of sp³-hybridized carbons (Fsp3) is 0.444. The number of hydrogen-bond donors (Lipinski definition) is 1. The molecule has 0 radical (unpaired) electrons. The summed E-state index contributed by atoms with van der Waals surface area (Å²) in [5.41, 5.74) is 5.72. The lowest BCUT2D eigenvalue weighted by Gasteiger charge is -2.26. The lowest BCUT2D eigenvalue weighted by atomic mass is 10.00. The Morgan fingerprint density at radius 2 is 1.96 bits per heavy atom. The molecule has 0 bridgehead atoms. The molecule has 2 aromatic rings. The molecule has 1 aromatic heterocycles. The first-order valence-electron chi connectivity index (χ1n) is 7.82. The van der Waals surface area contributed by atoms with Crippen LogP contribution in [0.4, 0.5) is 0 Å². The summed E-state index contributed by atoms with van der Waals surface area (Å²) in [5, 5.41) is 7.33. The number of benzene rings is 1. The number of aryl methyl sites for hydroxylation is 2. The highest BCUT2D eigenvalue weighted by atomic mass is 16.2. The topological polar surface area (TPSA) is 52.2 Å². The first-order chi connectivity index (χ1) is 10.8. The predicted octanol–water partition coefficient (Wildman–Crippen LogP) is 2.60. The maximum absolute atomic E-state index is 12.1. The zero-order valence-corrected chi connectivity index (χ0v) is 14.8. The van der Waals surface area contributed by atoms with Gasteiger partial charge in [-0.2, -0.15) is 5.10 Å². The molecule has 0 aliphatic rings. The highest BCUT2D eigenvalue weighted by Crippen LogP contribution is 2.26. The van der Waals surface area contributed by atoms with E-state index in [1.165, 1.54) is 11.1 Å². The predicted molar refractivity (Wildman–Crippen MR) is 93.1 cm³/mol. The van der Waals surface area contributed by atoms with Gasteiger partial charge in [0.25, 0.3) is 0 Å². The van der Waals surface area contributed by atoms with Crippen molar-refractivity contribution in [2.45, 2.75) is 33.4 Å². The third-order valence-corrected chi connectivity index (χ3v) is 4.26. The summed E-state index contributed by atoms with van der Waals surface area (Å²) in [6.45, 7) is 6.78. The highest BCUT2D eigenvalue weighted by molar-refractivity contribution is 5.81. The van der Waals surface area contributed by atoms with Gasteiger partial charge in [-0.3, -0.25) is 14.8 Å². The van der Waals surface area contributed by atoms with Crippen LogP contribution < -0.4 is 0 Å². The van der Waals surface area contributed by atoms with Gasteiger partial charge in [-0.05, 0) is 39.4 Å². The molecule has 1 heterocycles. The standard InChI is InChI=1S/C18H26N4O/c1-12-7-8-13(2)16(9-12)17-15(10-19-20-17)11-22(6)14(3)18(23)21(4)5/h7-10,14H,11H2,1-6H3,(H,19,20)/t14-/m0/s1. The molecule has 2 rings (SSSR count). The highest BCUT2D eigenvalue weighted by Gasteiger charge is 2.21. The summed E-state index contributed by atoms with van der Waals surface area (Å²) in [6.07, 6.45) is 1.85. The number of aromatic nitrogens is 2. The summed E-state index contributed by atoms with van der Waals surface area (Å²) in [7, 11) is 5.53. The molecule has 0 unspecified atom stereocenters. The monoisotopic (exact) mass is 314 g/mol. The smallest absolute Gasteiger partial charge is 0.239 e. The van der Waals surface area contributed by atoms with Gasteiger partial charge in [-0.25, -0.2) is 0 Å². The van der Waals surface area contributed by atoms with Crippen LogP contribution in [0.15, 0.2) is 24.4 Å². The van der Waals surface area contributed by atoms with E-state index in [0.717, 1.165) is 16.8 Å². The minimum absolute atomic E-state index is 0.101. The van der Waals surface area contributed by atoms with Crippen molar-refractivity contribution in [2.24, 2.45) is 0 Å². The molecule has 0 aliphatic heterocycles. The number of hydrogen-bond acceptors (Lipinski definition) is 3. The summed E-state index contributed by atoms with van der Waals surface area (Å²) in [6, 6.07) is 6.22. The van der Waals surface area contributed by atoms with Crippen LogP contribution in [-0.2, 0) is 11.3 Å². The van der Waals surface area contributed by atoms with Crippen LogP contribution >= 0.6 is 0 Å². The Bertz CT molecular complexity index is 690. The van der Waals surface area contributed by atoms with Crippen molar-refractivity contribution in [2.75, 3.05) is 21.1 Å². The maximum Gasteiger partial charge on any atom is 0.239 e. The van der Waals surface area contributed by atoms with Crippen molar-refractivity contribution < 1.29 is 4.79 Å². The lowest BCUT2D eigenvalue weighted by Crippen LogP contribution is -2.42. The second-order valence-corrected chi connectivity index (χ2v) is 6.41. The number of amides is 1. The number of aromatic amines is 1. The zero-order valence-electron chi connectivity index (χ0n) is 14.8. The van der Waals surface area contributed by atoms with Crippen LogP contribution in [0.5, 0.6) is 0 Å². The van der Waals surface area contributed by atoms with Gasteiger partial charge >= 0.3 is 0 Å². The van der Waals surface area contributed by atoms with E-state index in [1.807, 2.05) is 25.1 Å². The largest absolute Gasteiger partial charge is 0.347 e. The van der Waals surface area contributed by atoms with Gasteiger partial charge in [0.15, 0.2) is 0 Å². The lowest BCUT2D eigenvalue weighted by molar-refractivity contribution is -0.133. The van der Waals surface area contributed by atoms with Crippen LogP contribution in [0.25, 0.3) is 11.3 Å². The Hall–Kier alpha value is -2.14. The summed E-state index contributed by atoms with van der Waals surface area (Å²) in [5.74, 6) is 0.101. The Morgan fingerprint density at radius 1 is 1.26 bits per heavy atom. The van der Waals surface area contributed by atoms with E-state index in [0.29, 0.717) is 6.54 Å². The van der Waals surface area contributed by atoms with Crippen LogP contribution in [0.3, 0.4) is 0 Å². The van der Waals surface area contributed by atoms with E-state index in [9.17, 15) is 4.79 Å². The number of likely N-dealkylation sites (N-methyl/N-ethyl adjacent to an activating group) is 2. The first-order valence-corrected chi connectivity index (χ1v) is 7.82. The van der Waals surface area contributed by atoms with Gasteiger partial charge in [-0.1, -0.05) is 17.7 Å². The number of nitrogens with zero attached hydrogens (tertiary/aromatic N) is 3. The molecule has 1 amide bonds. The second-order valence-electron chi connectivity index (χ2n) is 6.41. The molecule has 0 fully saturated rings. The maximum atomic E-state index is 12.1. The van der Waals surface area contributed by atoms with Gasteiger partial charge < -0.3 is 4.90 Å². The molecule has 0 aliphatic carbocycles. The minimum Gasteiger partial charge on any atom is -0.347 e. The average molecular weight is 314 g/mol.